The summed E-state index contributed by atoms with van der Waals surface area (Å²) in [5.74, 6) is -0.207. The molecule has 0 spiro atoms. The van der Waals surface area contributed by atoms with E-state index in [-0.39, 0.29) is 42.9 Å². The number of amides is 1. The van der Waals surface area contributed by atoms with Gasteiger partial charge in [-0.1, -0.05) is 18.2 Å². The van der Waals surface area contributed by atoms with E-state index < -0.39 is 10.0 Å². The van der Waals surface area contributed by atoms with Crippen LogP contribution >= 0.6 is 12.4 Å². The summed E-state index contributed by atoms with van der Waals surface area (Å²) in [6.07, 6.45) is 4.46. The third kappa shape index (κ3) is 4.83. The summed E-state index contributed by atoms with van der Waals surface area (Å²) in [6, 6.07) is 8.46. The monoisotopic (exact) mass is 415 g/mol. The molecule has 0 bridgehead atoms. The molecule has 0 saturated carbocycles. The number of hydrogen-bond donors (Lipinski definition) is 1. The van der Waals surface area contributed by atoms with Gasteiger partial charge < -0.3 is 10.6 Å². The van der Waals surface area contributed by atoms with Crippen LogP contribution in [0.4, 0.5) is 0 Å². The Morgan fingerprint density at radius 2 is 1.81 bits per heavy atom. The van der Waals surface area contributed by atoms with Crippen molar-refractivity contribution in [2.75, 3.05) is 19.6 Å². The van der Waals surface area contributed by atoms with E-state index >= 15 is 0 Å². The number of carbonyl (C=O) groups excluding carboxylic acids is 1. The fourth-order valence-corrected chi connectivity index (χ4v) is 5.66. The number of halogens is 1. The Labute approximate surface area is 168 Å². The highest BCUT2D eigenvalue weighted by Crippen LogP contribution is 2.28. The first kappa shape index (κ1) is 22.1. The van der Waals surface area contributed by atoms with Crippen molar-refractivity contribution in [3.63, 3.8) is 0 Å². The van der Waals surface area contributed by atoms with Gasteiger partial charge in [-0.15, -0.1) is 12.4 Å². The Kier molecular flexibility index (Phi) is 7.68. The minimum Gasteiger partial charge on any atom is -0.338 e. The van der Waals surface area contributed by atoms with Gasteiger partial charge in [0.2, 0.25) is 15.9 Å². The molecule has 2 N–H and O–H groups in total. The number of benzene rings is 1. The van der Waals surface area contributed by atoms with E-state index in [4.69, 9.17) is 5.73 Å². The van der Waals surface area contributed by atoms with Crippen LogP contribution < -0.4 is 5.73 Å². The molecule has 2 fully saturated rings. The normalized spacial score (nSPS) is 25.5. The smallest absolute Gasteiger partial charge is 0.243 e. The number of likely N-dealkylation sites (tertiary alicyclic amines) is 1. The summed E-state index contributed by atoms with van der Waals surface area (Å²) >= 11 is 0. The Morgan fingerprint density at radius 3 is 2.48 bits per heavy atom. The molecule has 3 atom stereocenters. The molecule has 2 heterocycles. The molecule has 3 rings (SSSR count). The number of hydrogen-bond acceptors (Lipinski definition) is 4. The third-order valence-corrected chi connectivity index (χ3v) is 7.43. The fraction of sp³-hybridized carbons (Fsp3) is 0.632. The largest absolute Gasteiger partial charge is 0.338 e. The van der Waals surface area contributed by atoms with Crippen LogP contribution in [0.5, 0.6) is 0 Å². The molecule has 1 aromatic rings. The topological polar surface area (TPSA) is 83.7 Å². The van der Waals surface area contributed by atoms with Crippen molar-refractivity contribution in [2.45, 2.75) is 56.0 Å². The molecular weight excluding hydrogens is 386 g/mol. The molecule has 2 aliphatic heterocycles. The second-order valence-corrected chi connectivity index (χ2v) is 9.41. The van der Waals surface area contributed by atoms with Crippen LogP contribution in [0.15, 0.2) is 35.2 Å². The van der Waals surface area contributed by atoms with Crippen LogP contribution in [0.1, 0.15) is 39.0 Å². The zero-order chi connectivity index (χ0) is 18.7. The molecule has 152 valence electrons. The van der Waals surface area contributed by atoms with Gasteiger partial charge >= 0.3 is 0 Å². The average Bonchev–Trinajstić information content (AvgIpc) is 2.68. The lowest BCUT2D eigenvalue weighted by Crippen LogP contribution is -2.55. The lowest BCUT2D eigenvalue weighted by Gasteiger charge is -2.41. The summed E-state index contributed by atoms with van der Waals surface area (Å²) < 4.78 is 27.2. The second-order valence-electron chi connectivity index (χ2n) is 7.47. The summed E-state index contributed by atoms with van der Waals surface area (Å²) in [6.45, 7) is 3.41. The SMILES string of the molecule is CC(N)C1CCCCN1C(=O)C1CCCN(S(=O)(=O)c2ccccc2)C1.Cl. The van der Waals surface area contributed by atoms with Gasteiger partial charge in [-0.2, -0.15) is 4.31 Å². The maximum atomic E-state index is 13.1. The van der Waals surface area contributed by atoms with Crippen LogP contribution in [-0.4, -0.2) is 55.2 Å². The van der Waals surface area contributed by atoms with Gasteiger partial charge in [-0.05, 0) is 51.2 Å². The maximum absolute atomic E-state index is 13.1. The highest BCUT2D eigenvalue weighted by atomic mass is 35.5. The van der Waals surface area contributed by atoms with Crippen molar-refractivity contribution < 1.29 is 13.2 Å². The van der Waals surface area contributed by atoms with Crippen LogP contribution in [0.2, 0.25) is 0 Å². The van der Waals surface area contributed by atoms with Gasteiger partial charge in [0.25, 0.3) is 0 Å². The summed E-state index contributed by atoms with van der Waals surface area (Å²) in [5.41, 5.74) is 6.10. The van der Waals surface area contributed by atoms with Crippen molar-refractivity contribution in [3.05, 3.63) is 30.3 Å². The van der Waals surface area contributed by atoms with E-state index in [1.54, 1.807) is 30.3 Å². The molecule has 0 radical (unpaired) electrons. The second kappa shape index (κ2) is 9.37. The molecule has 27 heavy (non-hydrogen) atoms. The molecule has 0 aliphatic carbocycles. The molecule has 1 amide bonds. The molecule has 1 aromatic carbocycles. The minimum atomic E-state index is -3.55. The first-order valence-corrected chi connectivity index (χ1v) is 11.0. The standard InChI is InChI=1S/C19H29N3O3S.ClH/c1-15(20)18-11-5-6-13-22(18)19(23)16-8-7-12-21(14-16)26(24,25)17-9-3-2-4-10-17;/h2-4,9-10,15-16,18H,5-8,11-14,20H2,1H3;1H. The molecule has 6 nitrogen and oxygen atoms in total. The van der Waals surface area contributed by atoms with Crippen molar-refractivity contribution in [1.29, 1.82) is 0 Å². The maximum Gasteiger partial charge on any atom is 0.243 e. The number of nitrogens with two attached hydrogens (primary N) is 1. The quantitative estimate of drug-likeness (QED) is 0.817. The van der Waals surface area contributed by atoms with E-state index in [2.05, 4.69) is 0 Å². The van der Waals surface area contributed by atoms with E-state index in [0.717, 1.165) is 32.2 Å². The zero-order valence-electron chi connectivity index (χ0n) is 15.8. The van der Waals surface area contributed by atoms with Gasteiger partial charge in [-0.25, -0.2) is 8.42 Å². The predicted octanol–water partition coefficient (Wildman–Crippen LogP) is 2.24. The van der Waals surface area contributed by atoms with E-state index in [0.29, 0.717) is 17.9 Å². The summed E-state index contributed by atoms with van der Waals surface area (Å²) in [7, 11) is -3.55. The Morgan fingerprint density at radius 1 is 1.11 bits per heavy atom. The van der Waals surface area contributed by atoms with Gasteiger partial charge in [0.05, 0.1) is 10.8 Å². The highest BCUT2D eigenvalue weighted by Gasteiger charge is 2.38. The number of sulfonamides is 1. The number of rotatable bonds is 4. The molecule has 2 saturated heterocycles. The number of nitrogens with zero attached hydrogens (tertiary/aromatic N) is 2. The first-order chi connectivity index (χ1) is 12.4. The van der Waals surface area contributed by atoms with Crippen LogP contribution in [-0.2, 0) is 14.8 Å². The van der Waals surface area contributed by atoms with Crippen LogP contribution in [0, 0.1) is 5.92 Å². The Balaban J connectivity index is 0.00000261. The number of piperidine rings is 2. The van der Waals surface area contributed by atoms with Crippen molar-refractivity contribution in [1.82, 2.24) is 9.21 Å². The molecule has 0 aromatic heterocycles. The van der Waals surface area contributed by atoms with Crippen molar-refractivity contribution >= 4 is 28.3 Å². The van der Waals surface area contributed by atoms with Gasteiger partial charge in [-0.3, -0.25) is 4.79 Å². The molecular formula is C19H30ClN3O3S. The zero-order valence-corrected chi connectivity index (χ0v) is 17.4. The molecule has 2 aliphatic rings. The van der Waals surface area contributed by atoms with E-state index in [9.17, 15) is 13.2 Å². The van der Waals surface area contributed by atoms with Gasteiger partial charge in [0, 0.05) is 31.7 Å². The van der Waals surface area contributed by atoms with E-state index in [1.807, 2.05) is 11.8 Å². The predicted molar refractivity (Wildman–Crippen MR) is 108 cm³/mol. The third-order valence-electron chi connectivity index (χ3n) is 5.55. The Bertz CT molecular complexity index is 727. The highest BCUT2D eigenvalue weighted by molar-refractivity contribution is 7.89. The van der Waals surface area contributed by atoms with Crippen molar-refractivity contribution in [2.24, 2.45) is 11.7 Å². The molecule has 3 unspecified atom stereocenters. The Hall–Kier alpha value is -1.15. The lowest BCUT2D eigenvalue weighted by molar-refractivity contribution is -0.141. The van der Waals surface area contributed by atoms with Crippen molar-refractivity contribution in [3.8, 4) is 0 Å². The summed E-state index contributed by atoms with van der Waals surface area (Å²) in [5, 5.41) is 0. The van der Waals surface area contributed by atoms with Gasteiger partial charge in [0.1, 0.15) is 0 Å². The van der Waals surface area contributed by atoms with Crippen LogP contribution in [0.3, 0.4) is 0 Å². The average molecular weight is 416 g/mol. The minimum absolute atomic E-state index is 0. The fourth-order valence-electron chi connectivity index (χ4n) is 4.12. The first-order valence-electron chi connectivity index (χ1n) is 9.52. The van der Waals surface area contributed by atoms with E-state index in [1.165, 1.54) is 4.31 Å². The van der Waals surface area contributed by atoms with Crippen LogP contribution in [0.25, 0.3) is 0 Å². The number of carbonyl (C=O) groups is 1. The molecule has 8 heteroatoms. The summed E-state index contributed by atoms with van der Waals surface area (Å²) in [4.78, 5) is 15.3. The van der Waals surface area contributed by atoms with Gasteiger partial charge in [0.15, 0.2) is 0 Å². The lowest BCUT2D eigenvalue weighted by atomic mass is 9.92.